The van der Waals surface area contributed by atoms with Crippen molar-refractivity contribution in [2.45, 2.75) is 32.0 Å². The molecule has 11 heavy (non-hydrogen) atoms. The molecule has 1 rings (SSSR count). The van der Waals surface area contributed by atoms with Gasteiger partial charge in [-0.3, -0.25) is 0 Å². The highest BCUT2D eigenvalue weighted by molar-refractivity contribution is 4.90. The summed E-state index contributed by atoms with van der Waals surface area (Å²) in [6.07, 6.45) is 0.628. The van der Waals surface area contributed by atoms with Crippen LogP contribution in [-0.2, 0) is 9.47 Å². The number of hydrogen-bond acceptors (Lipinski definition) is 3. The van der Waals surface area contributed by atoms with Crippen molar-refractivity contribution in [3.8, 4) is 6.07 Å². The Labute approximate surface area is 66.9 Å². The lowest BCUT2D eigenvalue weighted by molar-refractivity contribution is -0.244. The minimum absolute atomic E-state index is 0.142. The number of nitriles is 1. The van der Waals surface area contributed by atoms with Crippen LogP contribution < -0.4 is 0 Å². The lowest BCUT2D eigenvalue weighted by atomic mass is 9.96. The van der Waals surface area contributed by atoms with E-state index in [0.717, 1.165) is 0 Å². The van der Waals surface area contributed by atoms with Crippen LogP contribution in [0.3, 0.4) is 0 Å². The fourth-order valence-corrected chi connectivity index (χ4v) is 0.974. The van der Waals surface area contributed by atoms with Crippen LogP contribution in [0.4, 0.5) is 0 Å². The smallest absolute Gasteiger partial charge is 0.114 e. The van der Waals surface area contributed by atoms with E-state index in [1.807, 2.05) is 19.9 Å². The lowest BCUT2D eigenvalue weighted by Crippen LogP contribution is -2.56. The molecule has 1 aliphatic rings. The minimum Gasteiger partial charge on any atom is -0.372 e. The molecule has 0 amide bonds. The molecule has 1 saturated heterocycles. The minimum atomic E-state index is -0.142. The Bertz CT molecular complexity index is 175. The number of hydrogen-bond donors (Lipinski definition) is 0. The van der Waals surface area contributed by atoms with Gasteiger partial charge in [0.15, 0.2) is 0 Å². The van der Waals surface area contributed by atoms with Gasteiger partial charge in [0.2, 0.25) is 0 Å². The summed E-state index contributed by atoms with van der Waals surface area (Å²) in [6, 6.07) is 2.04. The maximum absolute atomic E-state index is 8.26. The number of nitrogens with zero attached hydrogens (tertiary/aromatic N) is 1. The van der Waals surface area contributed by atoms with Crippen molar-refractivity contribution in [3.05, 3.63) is 0 Å². The molecule has 1 fully saturated rings. The van der Waals surface area contributed by atoms with Gasteiger partial charge in [0.1, 0.15) is 5.60 Å². The van der Waals surface area contributed by atoms with Gasteiger partial charge in [-0.25, -0.2) is 0 Å². The summed E-state index contributed by atoms with van der Waals surface area (Å²) >= 11 is 0. The maximum atomic E-state index is 8.26. The molecule has 3 heteroatoms. The average molecular weight is 155 g/mol. The van der Waals surface area contributed by atoms with Crippen molar-refractivity contribution in [2.75, 3.05) is 13.2 Å². The first-order chi connectivity index (χ1) is 5.19. The maximum Gasteiger partial charge on any atom is 0.114 e. The van der Waals surface area contributed by atoms with Crippen LogP contribution in [-0.4, -0.2) is 24.9 Å². The molecule has 3 nitrogen and oxygen atoms in total. The Morgan fingerprint density at radius 1 is 1.82 bits per heavy atom. The first-order valence-electron chi connectivity index (χ1n) is 3.81. The Morgan fingerprint density at radius 2 is 2.55 bits per heavy atom. The molecule has 0 spiro atoms. The molecule has 0 aromatic rings. The topological polar surface area (TPSA) is 42.2 Å². The van der Waals surface area contributed by atoms with Gasteiger partial charge in [0.25, 0.3) is 0 Å². The van der Waals surface area contributed by atoms with E-state index in [1.54, 1.807) is 0 Å². The highest BCUT2D eigenvalue weighted by Crippen LogP contribution is 2.28. The first kappa shape index (κ1) is 8.51. The second-order valence-electron chi connectivity index (χ2n) is 3.02. The molecule has 0 aromatic carbocycles. The molecule has 62 valence electrons. The van der Waals surface area contributed by atoms with Crippen molar-refractivity contribution in [1.29, 1.82) is 5.26 Å². The van der Waals surface area contributed by atoms with Gasteiger partial charge in [0.05, 0.1) is 31.8 Å². The van der Waals surface area contributed by atoms with Crippen LogP contribution in [0, 0.1) is 11.3 Å². The fraction of sp³-hybridized carbons (Fsp3) is 0.875. The van der Waals surface area contributed by atoms with Gasteiger partial charge in [0, 0.05) is 0 Å². The van der Waals surface area contributed by atoms with E-state index in [1.165, 1.54) is 0 Å². The van der Waals surface area contributed by atoms with Gasteiger partial charge >= 0.3 is 0 Å². The third kappa shape index (κ3) is 1.70. The largest absolute Gasteiger partial charge is 0.372 e. The summed E-state index contributed by atoms with van der Waals surface area (Å²) in [6.45, 7) is 5.16. The van der Waals surface area contributed by atoms with E-state index in [0.29, 0.717) is 19.6 Å². The molecular weight excluding hydrogens is 142 g/mol. The Balaban J connectivity index is 2.20. The summed E-state index contributed by atoms with van der Waals surface area (Å²) in [5.41, 5.74) is -0.142. The van der Waals surface area contributed by atoms with E-state index >= 15 is 0 Å². The predicted molar refractivity (Wildman–Crippen MR) is 40.0 cm³/mol. The van der Waals surface area contributed by atoms with E-state index in [4.69, 9.17) is 14.7 Å². The fourth-order valence-electron chi connectivity index (χ4n) is 0.974. The van der Waals surface area contributed by atoms with Gasteiger partial charge in [-0.05, 0) is 13.8 Å². The third-order valence-electron chi connectivity index (χ3n) is 2.13. The van der Waals surface area contributed by atoms with Crippen LogP contribution in [0.25, 0.3) is 0 Å². The molecular formula is C8H13NO2. The van der Waals surface area contributed by atoms with Crippen LogP contribution >= 0.6 is 0 Å². The van der Waals surface area contributed by atoms with E-state index < -0.39 is 0 Å². The molecule has 0 radical (unpaired) electrons. The zero-order valence-corrected chi connectivity index (χ0v) is 6.96. The average Bonchev–Trinajstić information content (AvgIpc) is 2.02. The van der Waals surface area contributed by atoms with Crippen molar-refractivity contribution >= 4 is 0 Å². The normalized spacial score (nSPS) is 35.9. The summed E-state index contributed by atoms with van der Waals surface area (Å²) in [5, 5.41) is 8.26. The summed E-state index contributed by atoms with van der Waals surface area (Å²) in [5.74, 6) is 0. The summed E-state index contributed by atoms with van der Waals surface area (Å²) in [7, 11) is 0. The van der Waals surface area contributed by atoms with Crippen molar-refractivity contribution < 1.29 is 9.47 Å². The van der Waals surface area contributed by atoms with Crippen molar-refractivity contribution in [2.24, 2.45) is 0 Å². The second-order valence-corrected chi connectivity index (χ2v) is 3.02. The van der Waals surface area contributed by atoms with Gasteiger partial charge < -0.3 is 9.47 Å². The predicted octanol–water partition coefficient (Wildman–Crippen LogP) is 1.09. The first-order valence-corrected chi connectivity index (χ1v) is 3.81. The highest BCUT2D eigenvalue weighted by atomic mass is 16.6. The monoisotopic (exact) mass is 155 g/mol. The quantitative estimate of drug-likeness (QED) is 0.573. The van der Waals surface area contributed by atoms with E-state index in [2.05, 4.69) is 0 Å². The Morgan fingerprint density at radius 3 is 2.91 bits per heavy atom. The zero-order chi connectivity index (χ0) is 8.32. The molecule has 2 atom stereocenters. The zero-order valence-electron chi connectivity index (χ0n) is 6.96. The number of ether oxygens (including phenoxy) is 2. The van der Waals surface area contributed by atoms with Crippen LogP contribution in [0.2, 0.25) is 0 Å². The van der Waals surface area contributed by atoms with E-state index in [9.17, 15) is 0 Å². The molecule has 0 N–H and O–H groups in total. The van der Waals surface area contributed by atoms with Gasteiger partial charge in [-0.2, -0.15) is 5.26 Å². The third-order valence-corrected chi connectivity index (χ3v) is 2.13. The SMILES string of the molecule is CC1OCC1(C)OCCC#N. The Hall–Kier alpha value is -0.590. The van der Waals surface area contributed by atoms with Crippen LogP contribution in [0.15, 0.2) is 0 Å². The summed E-state index contributed by atoms with van der Waals surface area (Å²) in [4.78, 5) is 0. The van der Waals surface area contributed by atoms with Gasteiger partial charge in [-0.15, -0.1) is 0 Å². The van der Waals surface area contributed by atoms with Crippen molar-refractivity contribution in [3.63, 3.8) is 0 Å². The van der Waals surface area contributed by atoms with Crippen LogP contribution in [0.1, 0.15) is 20.3 Å². The molecule has 0 bridgehead atoms. The van der Waals surface area contributed by atoms with Gasteiger partial charge in [-0.1, -0.05) is 0 Å². The lowest BCUT2D eigenvalue weighted by Gasteiger charge is -2.44. The molecule has 0 saturated carbocycles. The Kier molecular flexibility index (Phi) is 2.48. The second kappa shape index (κ2) is 3.21. The standard InChI is InChI=1S/C8H13NO2/c1-7-8(2,6-10-7)11-5-3-4-9/h7H,3,5-6H2,1-2H3. The molecule has 1 heterocycles. The van der Waals surface area contributed by atoms with Crippen LogP contribution in [0.5, 0.6) is 0 Å². The molecule has 2 unspecified atom stereocenters. The molecule has 0 aliphatic carbocycles. The number of rotatable bonds is 3. The summed E-state index contributed by atoms with van der Waals surface area (Å²) < 4.78 is 10.6. The van der Waals surface area contributed by atoms with E-state index in [-0.39, 0.29) is 11.7 Å². The van der Waals surface area contributed by atoms with Crippen molar-refractivity contribution in [1.82, 2.24) is 0 Å². The molecule has 1 aliphatic heterocycles. The highest BCUT2D eigenvalue weighted by Gasteiger charge is 2.42. The molecule has 0 aromatic heterocycles.